The molecule has 0 aliphatic rings. The van der Waals surface area contributed by atoms with Crippen molar-refractivity contribution in [3.05, 3.63) is 58.7 Å². The average molecular weight is 581 g/mol. The maximum Gasteiger partial charge on any atom is 0.279 e. The molecular weight excluding hydrogens is 522 g/mol. The summed E-state index contributed by atoms with van der Waals surface area (Å²) >= 11 is 0. The zero-order chi connectivity index (χ0) is 31.0. The number of unbranched alkanes of at least 4 members (excludes halogenated alkanes) is 2. The van der Waals surface area contributed by atoms with Crippen molar-refractivity contribution in [3.8, 4) is 0 Å². The predicted molar refractivity (Wildman–Crippen MR) is 178 cm³/mol. The number of para-hydroxylation sites is 2. The van der Waals surface area contributed by atoms with Gasteiger partial charge in [-0.1, -0.05) is 56.7 Å². The van der Waals surface area contributed by atoms with Crippen LogP contribution in [0, 0.1) is 27.7 Å². The summed E-state index contributed by atoms with van der Waals surface area (Å²) in [6.45, 7) is 22.3. The zero-order valence-electron chi connectivity index (χ0n) is 27.6. The van der Waals surface area contributed by atoms with Gasteiger partial charge in [-0.15, -0.1) is 0 Å². The normalized spacial score (nSPS) is 12.8. The van der Waals surface area contributed by atoms with Gasteiger partial charge in [0.2, 0.25) is 5.91 Å². The highest BCUT2D eigenvalue weighted by Gasteiger charge is 2.28. The number of likely N-dealkylation sites (N-methyl/N-ethyl adjacent to an activating group) is 1. The molecule has 2 aromatic carbocycles. The van der Waals surface area contributed by atoms with Gasteiger partial charge in [-0.25, -0.2) is 0 Å². The smallest absolute Gasteiger partial charge is 0.279 e. The molecule has 0 aliphatic carbocycles. The van der Waals surface area contributed by atoms with Gasteiger partial charge < -0.3 is 20.4 Å². The minimum absolute atomic E-state index is 0.0647. The van der Waals surface area contributed by atoms with Crippen molar-refractivity contribution in [2.75, 3.05) is 69.5 Å². The van der Waals surface area contributed by atoms with Crippen molar-refractivity contribution in [2.24, 2.45) is 0 Å². The molecule has 0 bridgehead atoms. The fourth-order valence-electron chi connectivity index (χ4n) is 5.85. The maximum atomic E-state index is 13.1. The molecule has 234 valence electrons. The molecule has 2 amide bonds. The van der Waals surface area contributed by atoms with E-state index in [-0.39, 0.29) is 11.8 Å². The Morgan fingerprint density at radius 1 is 0.690 bits per heavy atom. The minimum Gasteiger partial charge on any atom is -0.324 e. The Morgan fingerprint density at radius 2 is 1.26 bits per heavy atom. The average Bonchev–Trinajstić information content (AvgIpc) is 2.94. The van der Waals surface area contributed by atoms with Crippen LogP contribution in [0.5, 0.6) is 0 Å². The number of benzene rings is 2. The molecule has 2 aromatic rings. The molecule has 0 saturated heterocycles. The van der Waals surface area contributed by atoms with E-state index in [9.17, 15) is 9.59 Å². The van der Waals surface area contributed by atoms with Crippen LogP contribution < -0.4 is 16.0 Å². The van der Waals surface area contributed by atoms with E-state index in [0.717, 1.165) is 116 Å². The number of nitrogens with zero attached hydrogens (tertiary/aromatic N) is 2. The quantitative estimate of drug-likeness (QED) is 0.129. The van der Waals surface area contributed by atoms with E-state index < -0.39 is 0 Å². The summed E-state index contributed by atoms with van der Waals surface area (Å²) < 4.78 is 0.802. The second-order valence-corrected chi connectivity index (χ2v) is 12.0. The summed E-state index contributed by atoms with van der Waals surface area (Å²) in [6, 6.07) is 12.2. The molecule has 7 heteroatoms. The van der Waals surface area contributed by atoms with Crippen LogP contribution in [0.4, 0.5) is 11.4 Å². The van der Waals surface area contributed by atoms with Gasteiger partial charge in [-0.05, 0) is 102 Å². The first-order valence-electron chi connectivity index (χ1n) is 16.1. The minimum atomic E-state index is 0.0647. The lowest BCUT2D eigenvalue weighted by atomic mass is 10.1. The van der Waals surface area contributed by atoms with Crippen LogP contribution in [-0.2, 0) is 9.59 Å². The van der Waals surface area contributed by atoms with E-state index in [2.05, 4.69) is 41.6 Å². The van der Waals surface area contributed by atoms with Crippen LogP contribution in [0.25, 0.3) is 0 Å². The number of aryl methyl sites for hydroxylation is 4. The zero-order valence-corrected chi connectivity index (χ0v) is 27.6. The monoisotopic (exact) mass is 580 g/mol. The van der Waals surface area contributed by atoms with Gasteiger partial charge in [0.15, 0.2) is 6.54 Å². The van der Waals surface area contributed by atoms with Gasteiger partial charge in [0.1, 0.15) is 0 Å². The van der Waals surface area contributed by atoms with E-state index in [1.165, 1.54) is 0 Å². The first-order valence-corrected chi connectivity index (χ1v) is 16.1. The molecule has 0 radical (unpaired) electrons. The molecule has 0 aromatic heterocycles. The van der Waals surface area contributed by atoms with Gasteiger partial charge in [0.25, 0.3) is 5.91 Å². The third kappa shape index (κ3) is 11.9. The number of rotatable bonds is 20. The van der Waals surface area contributed by atoms with Crippen LogP contribution >= 0.6 is 0 Å². The SMILES string of the molecule is CCCN(CCCCCNCC[N+](CC)(CCC)CC(=O)Nc1c(C)cccc1C)CC(=O)Nc1c(C)cccc1C. The summed E-state index contributed by atoms with van der Waals surface area (Å²) in [4.78, 5) is 28.1. The largest absolute Gasteiger partial charge is 0.324 e. The van der Waals surface area contributed by atoms with Crippen molar-refractivity contribution >= 4 is 23.2 Å². The second kappa shape index (κ2) is 18.7. The lowest BCUT2D eigenvalue weighted by Crippen LogP contribution is -2.55. The lowest BCUT2D eigenvalue weighted by Gasteiger charge is -2.37. The highest BCUT2D eigenvalue weighted by molar-refractivity contribution is 5.94. The number of hydrogen-bond donors (Lipinski definition) is 3. The Morgan fingerprint density at radius 3 is 1.79 bits per heavy atom. The second-order valence-electron chi connectivity index (χ2n) is 12.0. The van der Waals surface area contributed by atoms with Crippen LogP contribution in [0.2, 0.25) is 0 Å². The Balaban J connectivity index is 1.73. The van der Waals surface area contributed by atoms with Crippen molar-refractivity contribution in [1.29, 1.82) is 0 Å². The number of amides is 2. The Labute approximate surface area is 256 Å². The Kier molecular flexibility index (Phi) is 15.8. The van der Waals surface area contributed by atoms with E-state index in [1.807, 2.05) is 64.1 Å². The van der Waals surface area contributed by atoms with Gasteiger partial charge >= 0.3 is 0 Å². The van der Waals surface area contributed by atoms with Gasteiger partial charge in [-0.2, -0.15) is 0 Å². The highest BCUT2D eigenvalue weighted by atomic mass is 16.2. The topological polar surface area (TPSA) is 73.5 Å². The fraction of sp³-hybridized carbons (Fsp3) is 0.600. The number of carbonyl (C=O) groups is 2. The maximum absolute atomic E-state index is 13.1. The molecule has 7 nitrogen and oxygen atoms in total. The molecule has 0 spiro atoms. The summed E-state index contributed by atoms with van der Waals surface area (Å²) in [6.07, 6.45) is 5.42. The van der Waals surface area contributed by atoms with Crippen molar-refractivity contribution in [1.82, 2.24) is 10.2 Å². The molecule has 0 saturated carbocycles. The lowest BCUT2D eigenvalue weighted by molar-refractivity contribution is -0.918. The van der Waals surface area contributed by atoms with Crippen molar-refractivity contribution in [2.45, 2.75) is 80.6 Å². The molecule has 3 N–H and O–H groups in total. The third-order valence-electron chi connectivity index (χ3n) is 8.34. The fourth-order valence-corrected chi connectivity index (χ4v) is 5.85. The van der Waals surface area contributed by atoms with E-state index >= 15 is 0 Å². The van der Waals surface area contributed by atoms with Crippen LogP contribution in [-0.4, -0.2) is 80.1 Å². The van der Waals surface area contributed by atoms with Crippen molar-refractivity contribution < 1.29 is 14.1 Å². The van der Waals surface area contributed by atoms with Crippen LogP contribution in [0.1, 0.15) is 75.1 Å². The molecule has 0 aliphatic heterocycles. The number of hydrogen-bond acceptors (Lipinski definition) is 4. The number of anilines is 2. The Bertz CT molecular complexity index is 1080. The third-order valence-corrected chi connectivity index (χ3v) is 8.34. The van der Waals surface area contributed by atoms with Gasteiger partial charge in [-0.3, -0.25) is 14.5 Å². The van der Waals surface area contributed by atoms with Crippen molar-refractivity contribution in [3.63, 3.8) is 0 Å². The molecule has 2 rings (SSSR count). The first-order chi connectivity index (χ1) is 20.1. The number of quaternary nitrogens is 1. The molecule has 42 heavy (non-hydrogen) atoms. The molecule has 1 unspecified atom stereocenters. The molecule has 0 heterocycles. The first kappa shape index (κ1) is 35.5. The summed E-state index contributed by atoms with van der Waals surface area (Å²) in [5.41, 5.74) is 6.30. The summed E-state index contributed by atoms with van der Waals surface area (Å²) in [5.74, 6) is 0.164. The van der Waals surface area contributed by atoms with Gasteiger partial charge in [0, 0.05) is 17.9 Å². The van der Waals surface area contributed by atoms with Gasteiger partial charge in [0.05, 0.1) is 26.2 Å². The highest BCUT2D eigenvalue weighted by Crippen LogP contribution is 2.21. The molecule has 0 fully saturated rings. The predicted octanol–water partition coefficient (Wildman–Crippen LogP) is 6.22. The van der Waals surface area contributed by atoms with Crippen LogP contribution in [0.15, 0.2) is 36.4 Å². The van der Waals surface area contributed by atoms with Crippen LogP contribution in [0.3, 0.4) is 0 Å². The van der Waals surface area contributed by atoms with E-state index in [0.29, 0.717) is 13.1 Å². The number of carbonyl (C=O) groups excluding carboxylic acids is 2. The number of nitrogens with one attached hydrogen (secondary N) is 3. The van der Waals surface area contributed by atoms with E-state index in [4.69, 9.17) is 0 Å². The standard InChI is InChI=1S/C35H57N5O2/c1-8-22-39(26-32(41)37-34-28(4)16-14-17-29(34)5)23-13-11-12-20-36-21-25-40(10-3,24-9-2)27-33(42)38-35-30(6)18-15-19-31(35)7/h14-19,36H,8-13,20-27H2,1-7H3,(H-,37,38,41,42)/p+1. The summed E-state index contributed by atoms with van der Waals surface area (Å²) in [5, 5.41) is 9.96. The molecule has 1 atom stereocenters. The van der Waals surface area contributed by atoms with E-state index in [1.54, 1.807) is 0 Å². The Hall–Kier alpha value is -2.74. The summed E-state index contributed by atoms with van der Waals surface area (Å²) in [7, 11) is 0. The molecular formula is C35H58N5O2+.